The topological polar surface area (TPSA) is 84.3 Å². The fraction of sp³-hybridized carbons (Fsp3) is 0.500. The molecule has 2 N–H and O–H groups in total. The third-order valence-electron chi connectivity index (χ3n) is 2.49. The zero-order chi connectivity index (χ0) is 12.3. The van der Waals surface area contributed by atoms with Gasteiger partial charge in [-0.3, -0.25) is 0 Å². The molecule has 0 amide bonds. The molecule has 7 heteroatoms. The number of ether oxygens (including phenoxy) is 1. The van der Waals surface area contributed by atoms with Gasteiger partial charge in [-0.15, -0.1) is 0 Å². The average Bonchev–Trinajstić information content (AvgIpc) is 2.77. The van der Waals surface area contributed by atoms with E-state index < -0.39 is 17.9 Å². The van der Waals surface area contributed by atoms with Crippen LogP contribution in [0.25, 0.3) is 0 Å². The van der Waals surface area contributed by atoms with Crippen molar-refractivity contribution in [3.8, 4) is 0 Å². The van der Waals surface area contributed by atoms with E-state index in [1.165, 1.54) is 0 Å². The first kappa shape index (κ1) is 11.7. The highest BCUT2D eigenvalue weighted by Gasteiger charge is 2.30. The van der Waals surface area contributed by atoms with E-state index in [2.05, 4.69) is 15.3 Å². The molecule has 1 saturated heterocycles. The SMILES string of the molecule is O=C(O)C1CCC(CNc2ncc(F)cn2)O1. The second-order valence-electron chi connectivity index (χ2n) is 3.77. The van der Waals surface area contributed by atoms with Crippen LogP contribution in [0.2, 0.25) is 0 Å². The molecule has 1 aliphatic heterocycles. The van der Waals surface area contributed by atoms with Gasteiger partial charge < -0.3 is 15.2 Å². The highest BCUT2D eigenvalue weighted by Crippen LogP contribution is 2.19. The van der Waals surface area contributed by atoms with Crippen molar-refractivity contribution in [1.29, 1.82) is 0 Å². The van der Waals surface area contributed by atoms with E-state index in [1.54, 1.807) is 0 Å². The molecule has 0 aliphatic carbocycles. The number of rotatable bonds is 4. The molecule has 2 unspecified atom stereocenters. The number of aliphatic carboxylic acids is 1. The zero-order valence-electron chi connectivity index (χ0n) is 8.97. The molecule has 17 heavy (non-hydrogen) atoms. The summed E-state index contributed by atoms with van der Waals surface area (Å²) in [6, 6.07) is 0. The molecule has 0 spiro atoms. The molecule has 1 fully saturated rings. The molecule has 2 rings (SSSR count). The fourth-order valence-corrected chi connectivity index (χ4v) is 1.65. The largest absolute Gasteiger partial charge is 0.479 e. The van der Waals surface area contributed by atoms with E-state index in [9.17, 15) is 9.18 Å². The van der Waals surface area contributed by atoms with Crippen LogP contribution in [0.1, 0.15) is 12.8 Å². The standard InChI is InChI=1S/C10H12FN3O3/c11-6-3-12-10(13-4-6)14-5-7-1-2-8(17-7)9(15)16/h3-4,7-8H,1-2,5H2,(H,15,16)(H,12,13,14). The first-order valence-corrected chi connectivity index (χ1v) is 5.25. The highest BCUT2D eigenvalue weighted by molar-refractivity contribution is 5.72. The van der Waals surface area contributed by atoms with Crippen molar-refractivity contribution >= 4 is 11.9 Å². The molecule has 2 atom stereocenters. The molecule has 6 nitrogen and oxygen atoms in total. The molecule has 0 saturated carbocycles. The molecule has 1 aliphatic rings. The Labute approximate surface area is 96.8 Å². The Kier molecular flexibility index (Phi) is 3.48. The summed E-state index contributed by atoms with van der Waals surface area (Å²) >= 11 is 0. The summed E-state index contributed by atoms with van der Waals surface area (Å²) in [5.41, 5.74) is 0. The molecule has 2 heterocycles. The minimum absolute atomic E-state index is 0.176. The van der Waals surface area contributed by atoms with Crippen molar-refractivity contribution in [3.05, 3.63) is 18.2 Å². The second kappa shape index (κ2) is 5.05. The second-order valence-corrected chi connectivity index (χ2v) is 3.77. The van der Waals surface area contributed by atoms with Gasteiger partial charge in [0.25, 0.3) is 0 Å². The minimum Gasteiger partial charge on any atom is -0.479 e. The van der Waals surface area contributed by atoms with Gasteiger partial charge in [0.15, 0.2) is 11.9 Å². The predicted molar refractivity (Wildman–Crippen MR) is 56.0 cm³/mol. The summed E-state index contributed by atoms with van der Waals surface area (Å²) in [5, 5.41) is 11.6. The van der Waals surface area contributed by atoms with Crippen LogP contribution in [-0.4, -0.2) is 39.8 Å². The van der Waals surface area contributed by atoms with Gasteiger partial charge in [0.05, 0.1) is 18.5 Å². The molecule has 1 aromatic rings. The summed E-state index contributed by atoms with van der Waals surface area (Å²) in [6.45, 7) is 0.412. The van der Waals surface area contributed by atoms with Gasteiger partial charge in [0.2, 0.25) is 5.95 Å². The van der Waals surface area contributed by atoms with E-state index >= 15 is 0 Å². The number of hydrogen-bond acceptors (Lipinski definition) is 5. The number of aromatic nitrogens is 2. The lowest BCUT2D eigenvalue weighted by Gasteiger charge is -2.11. The quantitative estimate of drug-likeness (QED) is 0.805. The molecular weight excluding hydrogens is 229 g/mol. The Bertz CT molecular complexity index is 398. The van der Waals surface area contributed by atoms with Crippen LogP contribution in [0.15, 0.2) is 12.4 Å². The van der Waals surface area contributed by atoms with Crippen molar-refractivity contribution in [2.75, 3.05) is 11.9 Å². The fourth-order valence-electron chi connectivity index (χ4n) is 1.65. The zero-order valence-corrected chi connectivity index (χ0v) is 8.97. The van der Waals surface area contributed by atoms with E-state index in [0.717, 1.165) is 12.4 Å². The molecule has 0 aromatic carbocycles. The van der Waals surface area contributed by atoms with Crippen LogP contribution in [0.5, 0.6) is 0 Å². The van der Waals surface area contributed by atoms with Crippen molar-refractivity contribution < 1.29 is 19.0 Å². The maximum atomic E-state index is 12.5. The van der Waals surface area contributed by atoms with Crippen LogP contribution in [0, 0.1) is 5.82 Å². The number of carbonyl (C=O) groups is 1. The van der Waals surface area contributed by atoms with Crippen molar-refractivity contribution in [3.63, 3.8) is 0 Å². The predicted octanol–water partition coefficient (Wildman–Crippen LogP) is 0.660. The molecular formula is C10H12FN3O3. The van der Waals surface area contributed by atoms with E-state index in [-0.39, 0.29) is 6.10 Å². The molecule has 92 valence electrons. The molecule has 0 bridgehead atoms. The van der Waals surface area contributed by atoms with Gasteiger partial charge in [0, 0.05) is 6.54 Å². The first-order chi connectivity index (χ1) is 8.15. The summed E-state index contributed by atoms with van der Waals surface area (Å²) < 4.78 is 17.8. The van der Waals surface area contributed by atoms with Crippen molar-refractivity contribution in [2.45, 2.75) is 25.0 Å². The Balaban J connectivity index is 1.80. The van der Waals surface area contributed by atoms with Gasteiger partial charge >= 0.3 is 5.97 Å². The Morgan fingerprint density at radius 3 is 2.82 bits per heavy atom. The van der Waals surface area contributed by atoms with Crippen LogP contribution >= 0.6 is 0 Å². The lowest BCUT2D eigenvalue weighted by atomic mass is 10.2. The van der Waals surface area contributed by atoms with Crippen LogP contribution < -0.4 is 5.32 Å². The van der Waals surface area contributed by atoms with Crippen LogP contribution in [-0.2, 0) is 9.53 Å². The Morgan fingerprint density at radius 2 is 2.24 bits per heavy atom. The highest BCUT2D eigenvalue weighted by atomic mass is 19.1. The summed E-state index contributed by atoms with van der Waals surface area (Å²) in [7, 11) is 0. The van der Waals surface area contributed by atoms with Crippen molar-refractivity contribution in [1.82, 2.24) is 9.97 Å². The van der Waals surface area contributed by atoms with Gasteiger partial charge in [-0.1, -0.05) is 0 Å². The Morgan fingerprint density at radius 1 is 1.53 bits per heavy atom. The normalized spacial score (nSPS) is 23.6. The Hall–Kier alpha value is -1.76. The summed E-state index contributed by atoms with van der Waals surface area (Å²) in [6.07, 6.45) is 2.40. The minimum atomic E-state index is -0.939. The average molecular weight is 241 g/mol. The number of nitrogens with zero attached hydrogens (tertiary/aromatic N) is 2. The first-order valence-electron chi connectivity index (χ1n) is 5.25. The maximum Gasteiger partial charge on any atom is 0.332 e. The van der Waals surface area contributed by atoms with E-state index in [0.29, 0.717) is 25.3 Å². The smallest absolute Gasteiger partial charge is 0.332 e. The summed E-state index contributed by atoms with van der Waals surface area (Å²) in [5.74, 6) is -1.14. The number of hydrogen-bond donors (Lipinski definition) is 2. The lowest BCUT2D eigenvalue weighted by molar-refractivity contribution is -0.149. The van der Waals surface area contributed by atoms with Gasteiger partial charge in [-0.05, 0) is 12.8 Å². The van der Waals surface area contributed by atoms with Gasteiger partial charge in [-0.2, -0.15) is 0 Å². The molecule has 1 aromatic heterocycles. The van der Waals surface area contributed by atoms with Gasteiger partial charge in [0.1, 0.15) is 0 Å². The number of nitrogens with one attached hydrogen (secondary N) is 1. The number of halogens is 1. The summed E-state index contributed by atoms with van der Waals surface area (Å²) in [4.78, 5) is 18.1. The van der Waals surface area contributed by atoms with Crippen LogP contribution in [0.4, 0.5) is 10.3 Å². The van der Waals surface area contributed by atoms with E-state index in [1.807, 2.05) is 0 Å². The third kappa shape index (κ3) is 3.10. The maximum absolute atomic E-state index is 12.5. The number of carboxylic acids is 1. The van der Waals surface area contributed by atoms with E-state index in [4.69, 9.17) is 9.84 Å². The third-order valence-corrected chi connectivity index (χ3v) is 2.49. The van der Waals surface area contributed by atoms with Crippen molar-refractivity contribution in [2.24, 2.45) is 0 Å². The lowest BCUT2D eigenvalue weighted by Crippen LogP contribution is -2.25. The number of anilines is 1. The monoisotopic (exact) mass is 241 g/mol. The number of carboxylic acid groups (broad SMARTS) is 1. The van der Waals surface area contributed by atoms with Gasteiger partial charge in [-0.25, -0.2) is 19.2 Å². The van der Waals surface area contributed by atoms with Crippen LogP contribution in [0.3, 0.4) is 0 Å². The molecule has 0 radical (unpaired) electrons.